The molecule has 0 aliphatic carbocycles. The van der Waals surface area contributed by atoms with Crippen LogP contribution in [0.1, 0.15) is 5.56 Å². The zero-order valence-corrected chi connectivity index (χ0v) is 12.4. The largest absolute Gasteiger partial charge is 0.496 e. The van der Waals surface area contributed by atoms with E-state index in [4.69, 9.17) is 14.9 Å². The molecule has 0 aliphatic rings. The number of carboxylic acid groups (broad SMARTS) is 2. The van der Waals surface area contributed by atoms with E-state index in [2.05, 4.69) is 25.1 Å². The number of carbonyl (C=O) groups is 2. The molecule has 0 amide bonds. The van der Waals surface area contributed by atoms with E-state index in [0.29, 0.717) is 12.2 Å². The number of rotatable bonds is 6. The summed E-state index contributed by atoms with van der Waals surface area (Å²) in [5.41, 5.74) is 1.28. The molecule has 1 rings (SSSR count). The average molecular weight is 295 g/mol. The Labute approximate surface area is 124 Å². The molecule has 0 aliphatic heterocycles. The maximum atomic E-state index is 9.55. The molecule has 0 aromatic heterocycles. The lowest BCUT2D eigenvalue weighted by atomic mass is 10.1. The fourth-order valence-corrected chi connectivity index (χ4v) is 1.40. The van der Waals surface area contributed by atoms with Crippen LogP contribution in [0.4, 0.5) is 0 Å². The van der Waals surface area contributed by atoms with Gasteiger partial charge in [0.2, 0.25) is 0 Å². The Kier molecular flexibility index (Phi) is 9.28. The first kappa shape index (κ1) is 18.7. The molecule has 116 valence electrons. The molecule has 0 fully saturated rings. The van der Waals surface area contributed by atoms with Crippen molar-refractivity contribution in [1.82, 2.24) is 4.90 Å². The third kappa shape index (κ3) is 10.1. The highest BCUT2D eigenvalue weighted by Crippen LogP contribution is 2.17. The van der Waals surface area contributed by atoms with Crippen molar-refractivity contribution in [2.45, 2.75) is 6.42 Å². The molecule has 6 heteroatoms. The zero-order valence-electron chi connectivity index (χ0n) is 12.4. The van der Waals surface area contributed by atoms with Gasteiger partial charge in [-0.05, 0) is 32.1 Å². The Morgan fingerprint density at radius 3 is 2.10 bits per heavy atom. The van der Waals surface area contributed by atoms with Gasteiger partial charge in [0, 0.05) is 18.7 Å². The van der Waals surface area contributed by atoms with Gasteiger partial charge >= 0.3 is 11.9 Å². The first-order valence-electron chi connectivity index (χ1n) is 6.27. The number of likely N-dealkylation sites (N-methyl/N-ethyl adjacent to an activating group) is 1. The number of benzene rings is 1. The number of nitrogens with zero attached hydrogens (tertiary/aromatic N) is 1. The van der Waals surface area contributed by atoms with Crippen LogP contribution in [-0.2, 0) is 16.0 Å². The quantitative estimate of drug-likeness (QED) is 0.774. The molecule has 1 aromatic carbocycles. The molecular weight excluding hydrogens is 274 g/mol. The third-order valence-electron chi connectivity index (χ3n) is 2.39. The zero-order chi connectivity index (χ0) is 16.3. The third-order valence-corrected chi connectivity index (χ3v) is 2.39. The smallest absolute Gasteiger partial charge is 0.328 e. The summed E-state index contributed by atoms with van der Waals surface area (Å²) in [5, 5.41) is 15.6. The van der Waals surface area contributed by atoms with Crippen molar-refractivity contribution in [3.05, 3.63) is 42.0 Å². The maximum absolute atomic E-state index is 9.55. The Hall–Kier alpha value is -2.34. The molecule has 0 bridgehead atoms. The monoisotopic (exact) mass is 295 g/mol. The molecule has 21 heavy (non-hydrogen) atoms. The predicted octanol–water partition coefficient (Wildman–Crippen LogP) is 1.51. The van der Waals surface area contributed by atoms with Gasteiger partial charge < -0.3 is 19.8 Å². The predicted molar refractivity (Wildman–Crippen MR) is 79.7 cm³/mol. The van der Waals surface area contributed by atoms with Crippen molar-refractivity contribution in [3.63, 3.8) is 0 Å². The molecule has 6 nitrogen and oxygen atoms in total. The van der Waals surface area contributed by atoms with Gasteiger partial charge in [-0.1, -0.05) is 18.2 Å². The lowest BCUT2D eigenvalue weighted by Crippen LogP contribution is -2.15. The normalized spacial score (nSPS) is 10.1. The van der Waals surface area contributed by atoms with E-state index in [1.54, 1.807) is 7.11 Å². The van der Waals surface area contributed by atoms with Gasteiger partial charge in [-0.25, -0.2) is 9.59 Å². The van der Waals surface area contributed by atoms with Crippen LogP contribution in [0.2, 0.25) is 0 Å². The topological polar surface area (TPSA) is 87.1 Å². The van der Waals surface area contributed by atoms with Gasteiger partial charge in [0.1, 0.15) is 5.75 Å². The lowest BCUT2D eigenvalue weighted by Gasteiger charge is -2.11. The van der Waals surface area contributed by atoms with E-state index in [1.807, 2.05) is 18.2 Å². The first-order chi connectivity index (χ1) is 9.86. The van der Waals surface area contributed by atoms with Crippen molar-refractivity contribution in [2.75, 3.05) is 27.7 Å². The summed E-state index contributed by atoms with van der Waals surface area (Å²) in [6, 6.07) is 8.17. The van der Waals surface area contributed by atoms with E-state index in [1.165, 1.54) is 5.56 Å². The van der Waals surface area contributed by atoms with E-state index in [9.17, 15) is 9.59 Å². The minimum Gasteiger partial charge on any atom is -0.496 e. The van der Waals surface area contributed by atoms with Crippen LogP contribution >= 0.6 is 0 Å². The number of methoxy groups -OCH3 is 1. The van der Waals surface area contributed by atoms with E-state index >= 15 is 0 Å². The second-order valence-electron chi connectivity index (χ2n) is 4.37. The van der Waals surface area contributed by atoms with E-state index in [0.717, 1.165) is 18.7 Å². The number of para-hydroxylation sites is 1. The van der Waals surface area contributed by atoms with Gasteiger partial charge in [0.25, 0.3) is 0 Å². The first-order valence-corrected chi connectivity index (χ1v) is 6.27. The summed E-state index contributed by atoms with van der Waals surface area (Å²) in [6.07, 6.45) is 2.15. The van der Waals surface area contributed by atoms with Gasteiger partial charge in [-0.3, -0.25) is 0 Å². The number of hydrogen-bond donors (Lipinski definition) is 2. The summed E-state index contributed by atoms with van der Waals surface area (Å²) in [7, 11) is 5.87. The van der Waals surface area contributed by atoms with Crippen LogP contribution < -0.4 is 4.74 Å². The van der Waals surface area contributed by atoms with Crippen LogP contribution in [-0.4, -0.2) is 54.8 Å². The van der Waals surface area contributed by atoms with Crippen molar-refractivity contribution >= 4 is 11.9 Å². The Bertz CT molecular complexity index is 467. The molecular formula is C15H21NO5. The minimum atomic E-state index is -1.26. The average Bonchev–Trinajstić information content (AvgIpc) is 2.44. The highest BCUT2D eigenvalue weighted by atomic mass is 16.5. The van der Waals surface area contributed by atoms with Crippen LogP contribution in [0.15, 0.2) is 36.4 Å². The van der Waals surface area contributed by atoms with Gasteiger partial charge in [-0.15, -0.1) is 0 Å². The summed E-state index contributed by atoms with van der Waals surface area (Å²) in [5.74, 6) is -1.52. The minimum absolute atomic E-state index is 0.558. The summed E-state index contributed by atoms with van der Waals surface area (Å²) < 4.78 is 5.26. The second-order valence-corrected chi connectivity index (χ2v) is 4.37. The second kappa shape index (κ2) is 10.4. The number of carboxylic acids is 2. The van der Waals surface area contributed by atoms with Crippen LogP contribution in [0.25, 0.3) is 0 Å². The van der Waals surface area contributed by atoms with Crippen LogP contribution in [0, 0.1) is 0 Å². The van der Waals surface area contributed by atoms with Crippen LogP contribution in [0.5, 0.6) is 5.75 Å². The van der Waals surface area contributed by atoms with Crippen molar-refractivity contribution in [3.8, 4) is 5.75 Å². The van der Waals surface area contributed by atoms with Gasteiger partial charge in [-0.2, -0.15) is 0 Å². The number of ether oxygens (including phenoxy) is 1. The van der Waals surface area contributed by atoms with Crippen molar-refractivity contribution < 1.29 is 24.5 Å². The van der Waals surface area contributed by atoms with Gasteiger partial charge in [0.15, 0.2) is 0 Å². The fourth-order valence-electron chi connectivity index (χ4n) is 1.40. The Morgan fingerprint density at radius 1 is 1.14 bits per heavy atom. The molecule has 0 saturated carbocycles. The number of hydrogen-bond acceptors (Lipinski definition) is 4. The summed E-state index contributed by atoms with van der Waals surface area (Å²) in [4.78, 5) is 21.3. The molecule has 2 N–H and O–H groups in total. The number of aliphatic carboxylic acids is 2. The molecule has 0 heterocycles. The van der Waals surface area contributed by atoms with Gasteiger partial charge in [0.05, 0.1) is 7.11 Å². The molecule has 0 spiro atoms. The summed E-state index contributed by atoms with van der Waals surface area (Å²) >= 11 is 0. The van der Waals surface area contributed by atoms with Crippen LogP contribution in [0.3, 0.4) is 0 Å². The van der Waals surface area contributed by atoms with E-state index < -0.39 is 11.9 Å². The summed E-state index contributed by atoms with van der Waals surface area (Å²) in [6.45, 7) is 1.06. The highest BCUT2D eigenvalue weighted by molar-refractivity contribution is 5.89. The molecule has 0 unspecified atom stereocenters. The Balaban J connectivity index is 0.000000433. The SMILES string of the molecule is COc1ccccc1CCN(C)C.O=C(O)/C=C/C(=O)O. The van der Waals surface area contributed by atoms with Crippen molar-refractivity contribution in [2.24, 2.45) is 0 Å². The van der Waals surface area contributed by atoms with Crippen molar-refractivity contribution in [1.29, 1.82) is 0 Å². The molecule has 1 aromatic rings. The standard InChI is InChI=1S/C11H17NO.C4H4O4/c1-12(2)9-8-10-6-4-5-7-11(10)13-3;5-3(6)1-2-4(7)8/h4-7H,8-9H2,1-3H3;1-2H,(H,5,6)(H,7,8)/b;2-1+. The highest BCUT2D eigenvalue weighted by Gasteiger charge is 2.00. The Morgan fingerprint density at radius 2 is 1.67 bits per heavy atom. The molecule has 0 atom stereocenters. The lowest BCUT2D eigenvalue weighted by molar-refractivity contribution is -0.134. The van der Waals surface area contributed by atoms with E-state index in [-0.39, 0.29) is 0 Å². The molecule has 0 saturated heterocycles. The fraction of sp³-hybridized carbons (Fsp3) is 0.333. The molecule has 0 radical (unpaired) electrons. The maximum Gasteiger partial charge on any atom is 0.328 e.